The van der Waals surface area contributed by atoms with Gasteiger partial charge in [-0.2, -0.15) is 0 Å². The molecule has 3 atom stereocenters. The van der Waals surface area contributed by atoms with Crippen molar-refractivity contribution in [2.45, 2.75) is 38.3 Å². The summed E-state index contributed by atoms with van der Waals surface area (Å²) in [4.78, 5) is 6.62. The molecule has 2 heterocycles. The lowest BCUT2D eigenvalue weighted by molar-refractivity contribution is -0.0648. The van der Waals surface area contributed by atoms with Crippen LogP contribution in [0.25, 0.3) is 0 Å². The molecule has 126 valence electrons. The molecule has 24 heavy (non-hydrogen) atoms. The molecule has 1 saturated carbocycles. The van der Waals surface area contributed by atoms with Gasteiger partial charge in [-0.3, -0.25) is 9.88 Å². The molecule has 1 N–H and O–H groups in total. The van der Waals surface area contributed by atoms with E-state index in [9.17, 15) is 5.11 Å². The molecule has 1 saturated heterocycles. The third-order valence-corrected chi connectivity index (χ3v) is 5.94. The van der Waals surface area contributed by atoms with E-state index in [0.717, 1.165) is 38.0 Å². The number of aryl methyl sites for hydroxylation is 1. The molecule has 1 aromatic heterocycles. The molecule has 1 aliphatic heterocycles. The molecule has 0 radical (unpaired) electrons. The first-order valence-corrected chi connectivity index (χ1v) is 9.06. The summed E-state index contributed by atoms with van der Waals surface area (Å²) in [6, 6.07) is 12.7. The van der Waals surface area contributed by atoms with Crippen LogP contribution in [-0.2, 0) is 12.1 Å². The van der Waals surface area contributed by atoms with Crippen LogP contribution in [0.4, 0.5) is 0 Å². The molecule has 0 spiro atoms. The molecular weight excluding hydrogens is 296 g/mol. The first-order valence-electron chi connectivity index (χ1n) is 9.06. The van der Waals surface area contributed by atoms with Crippen molar-refractivity contribution < 1.29 is 5.11 Å². The molecule has 3 nitrogen and oxygen atoms in total. The van der Waals surface area contributed by atoms with E-state index in [1.54, 1.807) is 0 Å². The molecule has 3 heteroatoms. The molecule has 0 amide bonds. The van der Waals surface area contributed by atoms with E-state index in [4.69, 9.17) is 0 Å². The highest BCUT2D eigenvalue weighted by Gasteiger charge is 2.49. The van der Waals surface area contributed by atoms with Crippen LogP contribution in [0.1, 0.15) is 36.0 Å². The SMILES string of the molecule is Cc1cccc([C@]2(O)CCC[C@H]3CN(Cc4ccncc4)C[C@H]32)c1. The fraction of sp³-hybridized carbons (Fsp3) is 0.476. The van der Waals surface area contributed by atoms with E-state index in [1.807, 2.05) is 12.4 Å². The summed E-state index contributed by atoms with van der Waals surface area (Å²) in [7, 11) is 0. The van der Waals surface area contributed by atoms with Crippen molar-refractivity contribution in [1.82, 2.24) is 9.88 Å². The monoisotopic (exact) mass is 322 g/mol. The fourth-order valence-corrected chi connectivity index (χ4v) is 4.76. The summed E-state index contributed by atoms with van der Waals surface area (Å²) >= 11 is 0. The maximum Gasteiger partial charge on any atom is 0.0940 e. The van der Waals surface area contributed by atoms with Crippen molar-refractivity contribution in [1.29, 1.82) is 0 Å². The summed E-state index contributed by atoms with van der Waals surface area (Å²) in [5, 5.41) is 11.6. The number of aliphatic hydroxyl groups is 1. The Bertz CT molecular complexity index is 702. The Morgan fingerprint density at radius 1 is 1.21 bits per heavy atom. The van der Waals surface area contributed by atoms with Crippen LogP contribution in [0.2, 0.25) is 0 Å². The van der Waals surface area contributed by atoms with E-state index in [0.29, 0.717) is 11.8 Å². The van der Waals surface area contributed by atoms with Crippen LogP contribution in [0, 0.1) is 18.8 Å². The van der Waals surface area contributed by atoms with Crippen LogP contribution in [0.15, 0.2) is 48.8 Å². The summed E-state index contributed by atoms with van der Waals surface area (Å²) in [5.41, 5.74) is 2.99. The van der Waals surface area contributed by atoms with Crippen molar-refractivity contribution in [2.75, 3.05) is 13.1 Å². The number of hydrogen-bond donors (Lipinski definition) is 1. The van der Waals surface area contributed by atoms with Crippen LogP contribution < -0.4 is 0 Å². The molecule has 0 bridgehead atoms. The number of pyridine rings is 1. The Hall–Kier alpha value is -1.71. The quantitative estimate of drug-likeness (QED) is 0.939. The number of aromatic nitrogens is 1. The van der Waals surface area contributed by atoms with Crippen molar-refractivity contribution in [2.24, 2.45) is 11.8 Å². The van der Waals surface area contributed by atoms with Crippen LogP contribution >= 0.6 is 0 Å². The normalized spacial score (nSPS) is 30.2. The Morgan fingerprint density at radius 3 is 2.83 bits per heavy atom. The molecule has 0 unspecified atom stereocenters. The second-order valence-corrected chi connectivity index (χ2v) is 7.60. The van der Waals surface area contributed by atoms with Gasteiger partial charge in [0.25, 0.3) is 0 Å². The lowest BCUT2D eigenvalue weighted by Crippen LogP contribution is -2.42. The molecule has 1 aliphatic carbocycles. The molecule has 4 rings (SSSR count). The minimum absolute atomic E-state index is 0.342. The average Bonchev–Trinajstić information content (AvgIpc) is 3.00. The van der Waals surface area contributed by atoms with Gasteiger partial charge in [-0.1, -0.05) is 29.8 Å². The predicted octanol–water partition coefficient (Wildman–Crippen LogP) is 3.51. The second-order valence-electron chi connectivity index (χ2n) is 7.60. The third-order valence-electron chi connectivity index (χ3n) is 5.94. The highest BCUT2D eigenvalue weighted by atomic mass is 16.3. The summed E-state index contributed by atoms with van der Waals surface area (Å²) in [6.45, 7) is 5.15. The largest absolute Gasteiger partial charge is 0.385 e. The minimum Gasteiger partial charge on any atom is -0.385 e. The van der Waals surface area contributed by atoms with E-state index in [2.05, 4.69) is 53.2 Å². The summed E-state index contributed by atoms with van der Waals surface area (Å²) in [6.07, 6.45) is 6.98. The second kappa shape index (κ2) is 6.30. The van der Waals surface area contributed by atoms with E-state index in [-0.39, 0.29) is 0 Å². The average molecular weight is 322 g/mol. The topological polar surface area (TPSA) is 36.4 Å². The van der Waals surface area contributed by atoms with Gasteiger partial charge in [-0.25, -0.2) is 0 Å². The van der Waals surface area contributed by atoms with Gasteiger partial charge in [0, 0.05) is 37.9 Å². The Labute approximate surface area is 144 Å². The zero-order valence-electron chi connectivity index (χ0n) is 14.4. The van der Waals surface area contributed by atoms with Gasteiger partial charge in [0.2, 0.25) is 0 Å². The standard InChI is InChI=1S/C21H26N2O/c1-16-4-2-6-19(12-16)21(24)9-3-5-18-14-23(15-20(18)21)13-17-7-10-22-11-8-17/h2,4,6-8,10-12,18,20,24H,3,5,9,13-15H2,1H3/t18-,20+,21+/m0/s1. The number of likely N-dealkylation sites (tertiary alicyclic amines) is 1. The molecule has 2 fully saturated rings. The van der Waals surface area contributed by atoms with Gasteiger partial charge in [-0.15, -0.1) is 0 Å². The number of hydrogen-bond acceptors (Lipinski definition) is 3. The molecule has 1 aromatic carbocycles. The van der Waals surface area contributed by atoms with Gasteiger partial charge in [-0.05, 0) is 55.4 Å². The zero-order chi connectivity index (χ0) is 16.6. The number of nitrogens with zero attached hydrogens (tertiary/aromatic N) is 2. The smallest absolute Gasteiger partial charge is 0.0940 e. The maximum absolute atomic E-state index is 11.6. The van der Waals surface area contributed by atoms with Gasteiger partial charge < -0.3 is 5.11 Å². The van der Waals surface area contributed by atoms with E-state index in [1.165, 1.54) is 17.5 Å². The number of fused-ring (bicyclic) bond motifs is 1. The Balaban J connectivity index is 1.56. The fourth-order valence-electron chi connectivity index (χ4n) is 4.76. The van der Waals surface area contributed by atoms with E-state index >= 15 is 0 Å². The zero-order valence-corrected chi connectivity index (χ0v) is 14.4. The Morgan fingerprint density at radius 2 is 2.04 bits per heavy atom. The molecule has 2 aliphatic rings. The first-order chi connectivity index (χ1) is 11.6. The van der Waals surface area contributed by atoms with Gasteiger partial charge in [0.15, 0.2) is 0 Å². The van der Waals surface area contributed by atoms with Gasteiger partial charge in [0.1, 0.15) is 0 Å². The predicted molar refractivity (Wildman–Crippen MR) is 95.4 cm³/mol. The lowest BCUT2D eigenvalue weighted by atomic mass is 9.67. The summed E-state index contributed by atoms with van der Waals surface area (Å²) in [5.74, 6) is 0.945. The van der Waals surface area contributed by atoms with Crippen molar-refractivity contribution in [3.63, 3.8) is 0 Å². The number of benzene rings is 1. The van der Waals surface area contributed by atoms with Crippen LogP contribution in [0.5, 0.6) is 0 Å². The first kappa shape index (κ1) is 15.8. The van der Waals surface area contributed by atoms with Crippen molar-refractivity contribution in [3.05, 3.63) is 65.5 Å². The van der Waals surface area contributed by atoms with Crippen molar-refractivity contribution >= 4 is 0 Å². The van der Waals surface area contributed by atoms with Gasteiger partial charge >= 0.3 is 0 Å². The highest BCUT2D eigenvalue weighted by Crippen LogP contribution is 2.48. The van der Waals surface area contributed by atoms with Gasteiger partial charge in [0.05, 0.1) is 5.60 Å². The molecular formula is C21H26N2O. The maximum atomic E-state index is 11.6. The van der Waals surface area contributed by atoms with E-state index < -0.39 is 5.60 Å². The number of rotatable bonds is 3. The van der Waals surface area contributed by atoms with Crippen LogP contribution in [-0.4, -0.2) is 28.1 Å². The summed E-state index contributed by atoms with van der Waals surface area (Å²) < 4.78 is 0. The third kappa shape index (κ3) is 2.87. The van der Waals surface area contributed by atoms with Crippen LogP contribution in [0.3, 0.4) is 0 Å². The minimum atomic E-state index is -0.665. The Kier molecular flexibility index (Phi) is 4.15. The van der Waals surface area contributed by atoms with Crippen molar-refractivity contribution in [3.8, 4) is 0 Å². The molecule has 2 aromatic rings. The lowest BCUT2D eigenvalue weighted by Gasteiger charge is -2.41. The highest BCUT2D eigenvalue weighted by molar-refractivity contribution is 5.29.